The first-order valence-electron chi connectivity index (χ1n) is 5.32. The molecule has 86 valence electrons. The maximum atomic E-state index is 11.0. The third kappa shape index (κ3) is 2.44. The van der Waals surface area contributed by atoms with Crippen molar-refractivity contribution in [3.05, 3.63) is 23.5 Å². The molecule has 0 radical (unpaired) electrons. The maximum absolute atomic E-state index is 11.0. The molecule has 0 bridgehead atoms. The summed E-state index contributed by atoms with van der Waals surface area (Å²) in [6.45, 7) is 1.68. The van der Waals surface area contributed by atoms with Crippen LogP contribution < -0.4 is 10.6 Å². The lowest BCUT2D eigenvalue weighted by molar-refractivity contribution is -0.122. The third-order valence-corrected chi connectivity index (χ3v) is 3.18. The van der Waals surface area contributed by atoms with Crippen molar-refractivity contribution in [2.45, 2.75) is 12.8 Å². The van der Waals surface area contributed by atoms with Gasteiger partial charge in [0.15, 0.2) is 0 Å². The zero-order valence-electron chi connectivity index (χ0n) is 8.90. The van der Waals surface area contributed by atoms with Crippen LogP contribution in [-0.4, -0.2) is 24.0 Å². The summed E-state index contributed by atoms with van der Waals surface area (Å²) < 4.78 is 0. The monoisotopic (exact) mass is 239 g/mol. The highest BCUT2D eigenvalue weighted by Gasteiger charge is 2.23. The van der Waals surface area contributed by atoms with E-state index in [-0.39, 0.29) is 11.8 Å². The summed E-state index contributed by atoms with van der Waals surface area (Å²) in [6.07, 6.45) is 3.32. The fraction of sp³-hybridized carbons (Fsp3) is 0.455. The lowest BCUT2D eigenvalue weighted by Crippen LogP contribution is -2.38. The average Bonchev–Trinajstić information content (AvgIpc) is 2.29. The third-order valence-electron chi connectivity index (χ3n) is 2.97. The first kappa shape index (κ1) is 11.2. The maximum Gasteiger partial charge on any atom is 0.220 e. The summed E-state index contributed by atoms with van der Waals surface area (Å²) in [7, 11) is 0. The molecule has 0 aromatic carbocycles. The predicted molar refractivity (Wildman–Crippen MR) is 63.4 cm³/mol. The van der Waals surface area contributed by atoms with Gasteiger partial charge in [-0.2, -0.15) is 0 Å². The van der Waals surface area contributed by atoms with Gasteiger partial charge in [-0.3, -0.25) is 4.79 Å². The van der Waals surface area contributed by atoms with Gasteiger partial charge < -0.3 is 10.6 Å². The van der Waals surface area contributed by atoms with Gasteiger partial charge >= 0.3 is 0 Å². The van der Waals surface area contributed by atoms with Crippen LogP contribution in [0.25, 0.3) is 0 Å². The molecule has 1 fully saturated rings. The zero-order valence-corrected chi connectivity index (χ0v) is 9.65. The number of primary amides is 1. The number of halogens is 1. The SMILES string of the molecule is NC(=O)C1CCN(c2ccnc(Cl)c2)CC1. The second-order valence-corrected chi connectivity index (χ2v) is 4.39. The fourth-order valence-corrected chi connectivity index (χ4v) is 2.18. The van der Waals surface area contributed by atoms with E-state index >= 15 is 0 Å². The molecule has 0 saturated carbocycles. The number of nitrogens with zero attached hydrogens (tertiary/aromatic N) is 2. The molecule has 0 atom stereocenters. The Labute approximate surface area is 99.4 Å². The number of piperidine rings is 1. The van der Waals surface area contributed by atoms with Gasteiger partial charge in [0.05, 0.1) is 0 Å². The van der Waals surface area contributed by atoms with Crippen LogP contribution in [-0.2, 0) is 4.79 Å². The van der Waals surface area contributed by atoms with Crippen molar-refractivity contribution in [1.82, 2.24) is 4.98 Å². The van der Waals surface area contributed by atoms with E-state index in [1.807, 2.05) is 12.1 Å². The Bertz CT molecular complexity index is 389. The van der Waals surface area contributed by atoms with Crippen LogP contribution in [0.3, 0.4) is 0 Å². The van der Waals surface area contributed by atoms with E-state index in [1.54, 1.807) is 6.20 Å². The minimum Gasteiger partial charge on any atom is -0.371 e. The molecule has 2 rings (SSSR count). The summed E-state index contributed by atoms with van der Waals surface area (Å²) in [5.41, 5.74) is 6.35. The van der Waals surface area contributed by atoms with Crippen LogP contribution in [0.2, 0.25) is 5.15 Å². The summed E-state index contributed by atoms with van der Waals surface area (Å²) >= 11 is 5.83. The lowest BCUT2D eigenvalue weighted by atomic mass is 9.96. The van der Waals surface area contributed by atoms with Gasteiger partial charge in [0.2, 0.25) is 5.91 Å². The molecule has 0 spiro atoms. The quantitative estimate of drug-likeness (QED) is 0.795. The molecule has 1 amide bonds. The Hall–Kier alpha value is -1.29. The van der Waals surface area contributed by atoms with Gasteiger partial charge in [0.25, 0.3) is 0 Å². The molecule has 0 aliphatic carbocycles. The van der Waals surface area contributed by atoms with Crippen LogP contribution in [0.5, 0.6) is 0 Å². The average molecular weight is 240 g/mol. The van der Waals surface area contributed by atoms with E-state index in [0.29, 0.717) is 5.15 Å². The highest BCUT2D eigenvalue weighted by atomic mass is 35.5. The van der Waals surface area contributed by atoms with Gasteiger partial charge in [0.1, 0.15) is 5.15 Å². The van der Waals surface area contributed by atoms with E-state index in [1.165, 1.54) is 0 Å². The molecule has 0 unspecified atom stereocenters. The second kappa shape index (κ2) is 4.70. The number of carbonyl (C=O) groups excluding carboxylic acids is 1. The normalized spacial score (nSPS) is 17.4. The van der Waals surface area contributed by atoms with Crippen molar-refractivity contribution in [1.29, 1.82) is 0 Å². The van der Waals surface area contributed by atoms with Crippen molar-refractivity contribution in [2.24, 2.45) is 11.7 Å². The van der Waals surface area contributed by atoms with Gasteiger partial charge in [-0.25, -0.2) is 4.98 Å². The molecule has 1 aliphatic rings. The molecular formula is C11H14ClN3O. The number of amides is 1. The summed E-state index contributed by atoms with van der Waals surface area (Å²) in [6, 6.07) is 3.77. The highest BCUT2D eigenvalue weighted by Crippen LogP contribution is 2.24. The first-order chi connectivity index (χ1) is 7.66. The summed E-state index contributed by atoms with van der Waals surface area (Å²) in [5, 5.41) is 0.495. The molecule has 1 aliphatic heterocycles. The minimum atomic E-state index is -0.188. The highest BCUT2D eigenvalue weighted by molar-refractivity contribution is 6.29. The Morgan fingerprint density at radius 2 is 2.19 bits per heavy atom. The number of carbonyl (C=O) groups is 1. The predicted octanol–water partition coefficient (Wildman–Crippen LogP) is 1.44. The molecule has 1 aromatic rings. The van der Waals surface area contributed by atoms with Crippen LogP contribution in [0.15, 0.2) is 18.3 Å². The number of rotatable bonds is 2. The number of pyridine rings is 1. The van der Waals surface area contributed by atoms with Gasteiger partial charge in [0, 0.05) is 30.9 Å². The molecule has 4 nitrogen and oxygen atoms in total. The van der Waals surface area contributed by atoms with E-state index in [9.17, 15) is 4.79 Å². The van der Waals surface area contributed by atoms with Gasteiger partial charge in [-0.1, -0.05) is 11.6 Å². The Balaban J connectivity index is 2.01. The topological polar surface area (TPSA) is 59.2 Å². The van der Waals surface area contributed by atoms with E-state index in [2.05, 4.69) is 9.88 Å². The number of nitrogens with two attached hydrogens (primary N) is 1. The molecular weight excluding hydrogens is 226 g/mol. The van der Waals surface area contributed by atoms with E-state index < -0.39 is 0 Å². The van der Waals surface area contributed by atoms with Gasteiger partial charge in [-0.15, -0.1) is 0 Å². The Morgan fingerprint density at radius 3 is 2.75 bits per heavy atom. The zero-order chi connectivity index (χ0) is 11.5. The van der Waals surface area contributed by atoms with E-state index in [0.717, 1.165) is 31.6 Å². The Morgan fingerprint density at radius 1 is 1.50 bits per heavy atom. The van der Waals surface area contributed by atoms with Crippen molar-refractivity contribution in [3.8, 4) is 0 Å². The minimum absolute atomic E-state index is 0.0218. The van der Waals surface area contributed by atoms with Crippen LogP contribution in [0, 0.1) is 5.92 Å². The van der Waals surface area contributed by atoms with Crippen molar-refractivity contribution in [3.63, 3.8) is 0 Å². The second-order valence-electron chi connectivity index (χ2n) is 4.00. The summed E-state index contributed by atoms with van der Waals surface area (Å²) in [4.78, 5) is 17.2. The molecule has 1 saturated heterocycles. The van der Waals surface area contributed by atoms with Crippen LogP contribution in [0.4, 0.5) is 5.69 Å². The number of anilines is 1. The first-order valence-corrected chi connectivity index (χ1v) is 5.70. The molecule has 2 heterocycles. The van der Waals surface area contributed by atoms with Crippen molar-refractivity contribution >= 4 is 23.2 Å². The number of hydrogen-bond donors (Lipinski definition) is 1. The van der Waals surface area contributed by atoms with E-state index in [4.69, 9.17) is 17.3 Å². The largest absolute Gasteiger partial charge is 0.371 e. The van der Waals surface area contributed by atoms with Crippen LogP contribution >= 0.6 is 11.6 Å². The lowest BCUT2D eigenvalue weighted by Gasteiger charge is -2.32. The Kier molecular flexibility index (Phi) is 3.29. The van der Waals surface area contributed by atoms with Crippen molar-refractivity contribution in [2.75, 3.05) is 18.0 Å². The fourth-order valence-electron chi connectivity index (χ4n) is 2.01. The molecule has 1 aromatic heterocycles. The van der Waals surface area contributed by atoms with Gasteiger partial charge in [-0.05, 0) is 25.0 Å². The number of hydrogen-bond acceptors (Lipinski definition) is 3. The van der Waals surface area contributed by atoms with Crippen LogP contribution in [0.1, 0.15) is 12.8 Å². The standard InChI is InChI=1S/C11H14ClN3O/c12-10-7-9(1-4-14-10)15-5-2-8(3-6-15)11(13)16/h1,4,7-8H,2-3,5-6H2,(H2,13,16). The van der Waals surface area contributed by atoms with Crippen molar-refractivity contribution < 1.29 is 4.79 Å². The molecule has 5 heteroatoms. The molecule has 2 N–H and O–H groups in total. The smallest absolute Gasteiger partial charge is 0.220 e. The summed E-state index contributed by atoms with van der Waals surface area (Å²) in [5.74, 6) is -0.166. The number of aromatic nitrogens is 1. The molecule has 16 heavy (non-hydrogen) atoms.